The molecule has 0 bridgehead atoms. The van der Waals surface area contributed by atoms with E-state index in [0.717, 1.165) is 11.3 Å². The second-order valence-corrected chi connectivity index (χ2v) is 2.94. The van der Waals surface area contributed by atoms with E-state index in [1.54, 1.807) is 6.20 Å². The molecule has 0 spiro atoms. The monoisotopic (exact) mass is 186 g/mol. The summed E-state index contributed by atoms with van der Waals surface area (Å²) in [6.45, 7) is 0. The molecule has 2 rings (SSSR count). The minimum absolute atomic E-state index is 0.0256. The van der Waals surface area contributed by atoms with Crippen molar-refractivity contribution in [1.29, 1.82) is 5.41 Å². The van der Waals surface area contributed by atoms with Crippen LogP contribution in [-0.2, 0) is 0 Å². The molecule has 4 N–H and O–H groups in total. The van der Waals surface area contributed by atoms with E-state index in [1.807, 2.05) is 30.3 Å². The van der Waals surface area contributed by atoms with Crippen LogP contribution in [0.2, 0.25) is 0 Å². The number of benzene rings is 1. The molecule has 4 heteroatoms. The second-order valence-electron chi connectivity index (χ2n) is 2.94. The zero-order chi connectivity index (χ0) is 9.97. The summed E-state index contributed by atoms with van der Waals surface area (Å²) in [5, 5.41) is 14.1. The van der Waals surface area contributed by atoms with Gasteiger partial charge >= 0.3 is 0 Å². The summed E-state index contributed by atoms with van der Waals surface area (Å²) in [5.41, 5.74) is 7.83. The SMILES string of the molecule is N=C(N)c1cn[nH]c1-c1ccccc1. The number of nitrogens with zero attached hydrogens (tertiary/aromatic N) is 1. The smallest absolute Gasteiger partial charge is 0.126 e. The Labute approximate surface area is 81.3 Å². The molecule has 0 radical (unpaired) electrons. The largest absolute Gasteiger partial charge is 0.384 e. The van der Waals surface area contributed by atoms with Gasteiger partial charge in [0.05, 0.1) is 17.5 Å². The van der Waals surface area contributed by atoms with Crippen LogP contribution >= 0.6 is 0 Å². The molecule has 1 aromatic carbocycles. The molecule has 0 saturated heterocycles. The van der Waals surface area contributed by atoms with E-state index in [0.29, 0.717) is 5.56 Å². The molecule has 0 saturated carbocycles. The third kappa shape index (κ3) is 1.37. The van der Waals surface area contributed by atoms with E-state index in [2.05, 4.69) is 10.2 Å². The number of amidine groups is 1. The first-order valence-corrected chi connectivity index (χ1v) is 4.22. The first kappa shape index (κ1) is 8.50. The minimum atomic E-state index is 0.0256. The van der Waals surface area contributed by atoms with Gasteiger partial charge in [-0.1, -0.05) is 30.3 Å². The van der Waals surface area contributed by atoms with Gasteiger partial charge < -0.3 is 5.73 Å². The van der Waals surface area contributed by atoms with Crippen molar-refractivity contribution in [1.82, 2.24) is 10.2 Å². The van der Waals surface area contributed by atoms with E-state index < -0.39 is 0 Å². The number of nitrogens with two attached hydrogens (primary N) is 1. The molecule has 0 aliphatic rings. The van der Waals surface area contributed by atoms with E-state index in [4.69, 9.17) is 11.1 Å². The lowest BCUT2D eigenvalue weighted by atomic mass is 10.1. The number of aromatic amines is 1. The molecule has 4 nitrogen and oxygen atoms in total. The molecule has 0 aliphatic carbocycles. The van der Waals surface area contributed by atoms with Crippen molar-refractivity contribution >= 4 is 5.84 Å². The molecule has 2 aromatic rings. The fraction of sp³-hybridized carbons (Fsp3) is 0. The predicted octanol–water partition coefficient (Wildman–Crippen LogP) is 1.36. The fourth-order valence-corrected chi connectivity index (χ4v) is 1.32. The zero-order valence-corrected chi connectivity index (χ0v) is 7.49. The number of aromatic nitrogens is 2. The highest BCUT2D eigenvalue weighted by Crippen LogP contribution is 2.19. The Balaban J connectivity index is 2.52. The molecule has 70 valence electrons. The Kier molecular flexibility index (Phi) is 2.02. The van der Waals surface area contributed by atoms with Gasteiger partial charge in [0.25, 0.3) is 0 Å². The van der Waals surface area contributed by atoms with Crippen molar-refractivity contribution in [2.45, 2.75) is 0 Å². The zero-order valence-electron chi connectivity index (χ0n) is 7.49. The number of rotatable bonds is 2. The summed E-state index contributed by atoms with van der Waals surface area (Å²) in [6.07, 6.45) is 1.56. The van der Waals surface area contributed by atoms with Crippen LogP contribution in [0.4, 0.5) is 0 Å². The molecule has 0 fully saturated rings. The molecular formula is C10H10N4. The van der Waals surface area contributed by atoms with E-state index in [-0.39, 0.29) is 5.84 Å². The third-order valence-electron chi connectivity index (χ3n) is 1.99. The van der Waals surface area contributed by atoms with Crippen LogP contribution in [0.1, 0.15) is 5.56 Å². The van der Waals surface area contributed by atoms with Crippen molar-refractivity contribution in [3.63, 3.8) is 0 Å². The van der Waals surface area contributed by atoms with Crippen LogP contribution in [0.15, 0.2) is 36.5 Å². The standard InChI is InChI=1S/C10H10N4/c11-10(12)8-6-13-14-9(8)7-4-2-1-3-5-7/h1-6H,(H3,11,12)(H,13,14). The van der Waals surface area contributed by atoms with Gasteiger partial charge in [0, 0.05) is 5.56 Å². The maximum atomic E-state index is 7.36. The van der Waals surface area contributed by atoms with Gasteiger partial charge in [-0.05, 0) is 0 Å². The normalized spacial score (nSPS) is 10.0. The highest BCUT2D eigenvalue weighted by molar-refractivity contribution is 6.00. The van der Waals surface area contributed by atoms with E-state index in [1.165, 1.54) is 0 Å². The first-order chi connectivity index (χ1) is 6.79. The molecule has 0 aliphatic heterocycles. The van der Waals surface area contributed by atoms with Gasteiger partial charge in [0.1, 0.15) is 5.84 Å². The van der Waals surface area contributed by atoms with Crippen molar-refractivity contribution in [3.8, 4) is 11.3 Å². The molecule has 0 amide bonds. The van der Waals surface area contributed by atoms with Crippen LogP contribution in [0, 0.1) is 5.41 Å². The van der Waals surface area contributed by atoms with Crippen LogP contribution in [0.5, 0.6) is 0 Å². The lowest BCUT2D eigenvalue weighted by molar-refractivity contribution is 1.10. The lowest BCUT2D eigenvalue weighted by Crippen LogP contribution is -2.11. The van der Waals surface area contributed by atoms with Gasteiger partial charge in [-0.25, -0.2) is 0 Å². The molecule has 0 unspecified atom stereocenters. The van der Waals surface area contributed by atoms with Crippen LogP contribution in [0.25, 0.3) is 11.3 Å². The Bertz CT molecular complexity index is 444. The van der Waals surface area contributed by atoms with Crippen molar-refractivity contribution < 1.29 is 0 Å². The quantitative estimate of drug-likeness (QED) is 0.489. The maximum absolute atomic E-state index is 7.36. The van der Waals surface area contributed by atoms with E-state index >= 15 is 0 Å². The highest BCUT2D eigenvalue weighted by atomic mass is 15.1. The van der Waals surface area contributed by atoms with Gasteiger partial charge in [-0.3, -0.25) is 10.5 Å². The summed E-state index contributed by atoms with van der Waals surface area (Å²) in [5.74, 6) is 0.0256. The lowest BCUT2D eigenvalue weighted by Gasteiger charge is -2.00. The Hall–Kier alpha value is -2.10. The summed E-state index contributed by atoms with van der Waals surface area (Å²) in [4.78, 5) is 0. The highest BCUT2D eigenvalue weighted by Gasteiger charge is 2.08. The van der Waals surface area contributed by atoms with Crippen molar-refractivity contribution in [3.05, 3.63) is 42.1 Å². The number of hydrogen-bond acceptors (Lipinski definition) is 2. The van der Waals surface area contributed by atoms with E-state index in [9.17, 15) is 0 Å². The number of H-pyrrole nitrogens is 1. The molecule has 14 heavy (non-hydrogen) atoms. The van der Waals surface area contributed by atoms with Gasteiger partial charge in [0.2, 0.25) is 0 Å². The average molecular weight is 186 g/mol. The van der Waals surface area contributed by atoms with Gasteiger partial charge in [-0.15, -0.1) is 0 Å². The van der Waals surface area contributed by atoms with Crippen LogP contribution in [0.3, 0.4) is 0 Å². The predicted molar refractivity (Wildman–Crippen MR) is 55.0 cm³/mol. The van der Waals surface area contributed by atoms with Crippen molar-refractivity contribution in [2.75, 3.05) is 0 Å². The molecule has 1 aromatic heterocycles. The second kappa shape index (κ2) is 3.33. The fourth-order valence-electron chi connectivity index (χ4n) is 1.32. The van der Waals surface area contributed by atoms with Gasteiger partial charge in [-0.2, -0.15) is 5.10 Å². The summed E-state index contributed by atoms with van der Waals surface area (Å²) >= 11 is 0. The third-order valence-corrected chi connectivity index (χ3v) is 1.99. The molecule has 1 heterocycles. The molecular weight excluding hydrogens is 176 g/mol. The van der Waals surface area contributed by atoms with Crippen molar-refractivity contribution in [2.24, 2.45) is 5.73 Å². The minimum Gasteiger partial charge on any atom is -0.384 e. The van der Waals surface area contributed by atoms with Crippen LogP contribution in [-0.4, -0.2) is 16.0 Å². The number of nitrogens with one attached hydrogen (secondary N) is 2. The Morgan fingerprint density at radius 3 is 2.64 bits per heavy atom. The maximum Gasteiger partial charge on any atom is 0.126 e. The average Bonchev–Trinajstić information content (AvgIpc) is 2.67. The van der Waals surface area contributed by atoms with Gasteiger partial charge in [0.15, 0.2) is 0 Å². The topological polar surface area (TPSA) is 78.6 Å². The molecule has 0 atom stereocenters. The summed E-state index contributed by atoms with van der Waals surface area (Å²) in [6, 6.07) is 9.69. The van der Waals surface area contributed by atoms with Crippen LogP contribution < -0.4 is 5.73 Å². The first-order valence-electron chi connectivity index (χ1n) is 4.22. The number of hydrogen-bond donors (Lipinski definition) is 3. The Morgan fingerprint density at radius 2 is 2.00 bits per heavy atom. The number of nitrogen functional groups attached to an aromatic ring is 1. The Morgan fingerprint density at radius 1 is 1.29 bits per heavy atom. The summed E-state index contributed by atoms with van der Waals surface area (Å²) < 4.78 is 0. The summed E-state index contributed by atoms with van der Waals surface area (Å²) in [7, 11) is 0.